The van der Waals surface area contributed by atoms with E-state index in [-0.39, 0.29) is 19.1 Å². The molecule has 142 valence electrons. The molecule has 0 saturated heterocycles. The predicted molar refractivity (Wildman–Crippen MR) is 109 cm³/mol. The highest BCUT2D eigenvalue weighted by molar-refractivity contribution is 5.99. The molecule has 1 aromatic carbocycles. The molecule has 0 aliphatic carbocycles. The summed E-state index contributed by atoms with van der Waals surface area (Å²) >= 11 is 0. The largest absolute Gasteiger partial charge is 0.395 e. The standard InChI is InChI=1S/C20H20N6O2/c21-8-2-7-18-24-13-17(26-18)14-4-1-5-15(12-14)25-19-16(6-3-9-22-19)20(28)23-10-11-27/h1-9,12-13,21,27H,10-11H2,(H,22,25)(H,23,28)(H,24,26)/b7-2-,21-8?. The Balaban J connectivity index is 1.82. The number of rotatable bonds is 8. The van der Waals surface area contributed by atoms with Gasteiger partial charge in [0, 0.05) is 30.2 Å². The average Bonchev–Trinajstić information content (AvgIpc) is 3.20. The smallest absolute Gasteiger partial charge is 0.255 e. The van der Waals surface area contributed by atoms with Crippen molar-refractivity contribution in [2.45, 2.75) is 0 Å². The number of hydrogen-bond donors (Lipinski definition) is 5. The molecule has 3 aromatic rings. The predicted octanol–water partition coefficient (Wildman–Crippen LogP) is 2.60. The molecule has 0 aliphatic rings. The van der Waals surface area contributed by atoms with E-state index < -0.39 is 0 Å². The molecule has 0 unspecified atom stereocenters. The molecule has 2 aromatic heterocycles. The number of nitrogens with one attached hydrogen (secondary N) is 4. The van der Waals surface area contributed by atoms with Gasteiger partial charge >= 0.3 is 0 Å². The lowest BCUT2D eigenvalue weighted by molar-refractivity contribution is 0.0945. The Morgan fingerprint density at radius 2 is 2.14 bits per heavy atom. The average molecular weight is 376 g/mol. The van der Waals surface area contributed by atoms with Gasteiger partial charge in [-0.1, -0.05) is 12.1 Å². The van der Waals surface area contributed by atoms with Gasteiger partial charge in [0.15, 0.2) is 0 Å². The molecule has 2 heterocycles. The van der Waals surface area contributed by atoms with Crippen molar-refractivity contribution in [1.29, 1.82) is 5.41 Å². The van der Waals surface area contributed by atoms with E-state index in [0.29, 0.717) is 17.2 Å². The molecule has 1 amide bonds. The fourth-order valence-electron chi connectivity index (χ4n) is 2.56. The molecule has 0 spiro atoms. The number of hydrogen-bond acceptors (Lipinski definition) is 6. The fraction of sp³-hybridized carbons (Fsp3) is 0.100. The highest BCUT2D eigenvalue weighted by atomic mass is 16.3. The molecule has 0 fully saturated rings. The molecule has 0 atom stereocenters. The summed E-state index contributed by atoms with van der Waals surface area (Å²) < 4.78 is 0. The zero-order valence-electron chi connectivity index (χ0n) is 15.0. The molecule has 0 saturated carbocycles. The molecule has 28 heavy (non-hydrogen) atoms. The van der Waals surface area contributed by atoms with Crippen molar-refractivity contribution in [3.8, 4) is 11.3 Å². The summed E-state index contributed by atoms with van der Waals surface area (Å²) in [5.74, 6) is 0.774. The third-order valence-corrected chi connectivity index (χ3v) is 3.83. The lowest BCUT2D eigenvalue weighted by atomic mass is 10.1. The third kappa shape index (κ3) is 4.68. The summed E-state index contributed by atoms with van der Waals surface area (Å²) in [5, 5.41) is 21.7. The summed E-state index contributed by atoms with van der Waals surface area (Å²) in [5.41, 5.74) is 2.89. The van der Waals surface area contributed by atoms with E-state index in [1.54, 1.807) is 36.7 Å². The van der Waals surface area contributed by atoms with Crippen molar-refractivity contribution in [3.05, 3.63) is 66.3 Å². The van der Waals surface area contributed by atoms with E-state index in [9.17, 15) is 4.79 Å². The van der Waals surface area contributed by atoms with Crippen molar-refractivity contribution in [2.24, 2.45) is 0 Å². The SMILES string of the molecule is N=C/C=C\c1ncc(-c2cccc(Nc3ncccc3C(=O)NCCO)c2)[nH]1. The second-order valence-electron chi connectivity index (χ2n) is 5.79. The van der Waals surface area contributed by atoms with Crippen LogP contribution in [0.25, 0.3) is 17.3 Å². The van der Waals surface area contributed by atoms with Crippen LogP contribution in [0.3, 0.4) is 0 Å². The summed E-state index contributed by atoms with van der Waals surface area (Å²) in [6.45, 7) is 0.0508. The van der Waals surface area contributed by atoms with Crippen molar-refractivity contribution in [2.75, 3.05) is 18.5 Å². The van der Waals surface area contributed by atoms with Gasteiger partial charge in [-0.25, -0.2) is 9.97 Å². The number of aliphatic hydroxyl groups excluding tert-OH is 1. The first kappa shape index (κ1) is 19.0. The number of carbonyl (C=O) groups is 1. The summed E-state index contributed by atoms with van der Waals surface area (Å²) in [6, 6.07) is 11.0. The minimum Gasteiger partial charge on any atom is -0.395 e. The van der Waals surface area contributed by atoms with Crippen LogP contribution < -0.4 is 10.6 Å². The second-order valence-corrected chi connectivity index (χ2v) is 5.79. The van der Waals surface area contributed by atoms with E-state index in [0.717, 1.165) is 16.9 Å². The number of nitrogens with zero attached hydrogens (tertiary/aromatic N) is 2. The van der Waals surface area contributed by atoms with Crippen LogP contribution >= 0.6 is 0 Å². The van der Waals surface area contributed by atoms with E-state index in [4.69, 9.17) is 10.5 Å². The lowest BCUT2D eigenvalue weighted by Crippen LogP contribution is -2.27. The Morgan fingerprint density at radius 3 is 2.96 bits per heavy atom. The van der Waals surface area contributed by atoms with Crippen LogP contribution in [-0.4, -0.2) is 45.3 Å². The zero-order valence-corrected chi connectivity index (χ0v) is 15.0. The van der Waals surface area contributed by atoms with Crippen LogP contribution in [0.15, 0.2) is 54.9 Å². The van der Waals surface area contributed by atoms with Crippen LogP contribution in [0.2, 0.25) is 0 Å². The number of aliphatic hydroxyl groups is 1. The number of aromatic amines is 1. The summed E-state index contributed by atoms with van der Waals surface area (Å²) in [6.07, 6.45) is 7.81. The van der Waals surface area contributed by atoms with Crippen LogP contribution in [0.4, 0.5) is 11.5 Å². The number of imidazole rings is 1. The molecule has 0 bridgehead atoms. The first-order chi connectivity index (χ1) is 13.7. The Kier molecular flexibility index (Phi) is 6.27. The lowest BCUT2D eigenvalue weighted by Gasteiger charge is -2.11. The monoisotopic (exact) mass is 376 g/mol. The van der Waals surface area contributed by atoms with Crippen molar-refractivity contribution in [1.82, 2.24) is 20.3 Å². The number of pyridine rings is 1. The summed E-state index contributed by atoms with van der Waals surface area (Å²) in [7, 11) is 0. The first-order valence-electron chi connectivity index (χ1n) is 8.65. The highest BCUT2D eigenvalue weighted by Gasteiger charge is 2.12. The molecule has 5 N–H and O–H groups in total. The van der Waals surface area contributed by atoms with Gasteiger partial charge < -0.3 is 26.1 Å². The van der Waals surface area contributed by atoms with Gasteiger partial charge in [-0.15, -0.1) is 0 Å². The molecular weight excluding hydrogens is 356 g/mol. The quantitative estimate of drug-likeness (QED) is 0.386. The highest BCUT2D eigenvalue weighted by Crippen LogP contribution is 2.24. The number of anilines is 2. The number of carbonyl (C=O) groups excluding carboxylic acids is 1. The number of H-pyrrole nitrogens is 1. The minimum atomic E-state index is -0.308. The Bertz CT molecular complexity index is 996. The number of benzene rings is 1. The van der Waals surface area contributed by atoms with Gasteiger partial charge in [-0.3, -0.25) is 4.79 Å². The molecule has 8 heteroatoms. The van der Waals surface area contributed by atoms with Crippen LogP contribution in [0.5, 0.6) is 0 Å². The van der Waals surface area contributed by atoms with Crippen LogP contribution in [0, 0.1) is 5.41 Å². The molecule has 3 rings (SSSR count). The Morgan fingerprint density at radius 1 is 1.25 bits per heavy atom. The van der Waals surface area contributed by atoms with E-state index >= 15 is 0 Å². The minimum absolute atomic E-state index is 0.127. The summed E-state index contributed by atoms with van der Waals surface area (Å²) in [4.78, 5) is 23.9. The second kappa shape index (κ2) is 9.24. The van der Waals surface area contributed by atoms with E-state index in [2.05, 4.69) is 25.6 Å². The number of aromatic nitrogens is 3. The van der Waals surface area contributed by atoms with E-state index in [1.807, 2.05) is 24.3 Å². The Hall–Kier alpha value is -3.78. The van der Waals surface area contributed by atoms with Crippen LogP contribution in [-0.2, 0) is 0 Å². The number of allylic oxidation sites excluding steroid dienone is 1. The van der Waals surface area contributed by atoms with E-state index in [1.165, 1.54) is 6.21 Å². The molecular formula is C20H20N6O2. The van der Waals surface area contributed by atoms with Crippen molar-refractivity contribution >= 4 is 29.7 Å². The van der Waals surface area contributed by atoms with Crippen LogP contribution in [0.1, 0.15) is 16.2 Å². The van der Waals surface area contributed by atoms with Crippen molar-refractivity contribution < 1.29 is 9.90 Å². The fourth-order valence-corrected chi connectivity index (χ4v) is 2.56. The number of amides is 1. The van der Waals surface area contributed by atoms with Gasteiger partial charge in [0.1, 0.15) is 11.6 Å². The van der Waals surface area contributed by atoms with Gasteiger partial charge in [0.05, 0.1) is 24.1 Å². The van der Waals surface area contributed by atoms with Gasteiger partial charge in [0.25, 0.3) is 5.91 Å². The third-order valence-electron chi connectivity index (χ3n) is 3.83. The van der Waals surface area contributed by atoms with Crippen molar-refractivity contribution in [3.63, 3.8) is 0 Å². The van der Waals surface area contributed by atoms with Gasteiger partial charge in [0.2, 0.25) is 0 Å². The van der Waals surface area contributed by atoms with Gasteiger partial charge in [-0.2, -0.15) is 0 Å². The Labute approximate surface area is 161 Å². The zero-order chi connectivity index (χ0) is 19.8. The molecule has 0 radical (unpaired) electrons. The maximum Gasteiger partial charge on any atom is 0.255 e. The normalized spacial score (nSPS) is 10.8. The first-order valence-corrected chi connectivity index (χ1v) is 8.65. The molecule has 8 nitrogen and oxygen atoms in total. The maximum atomic E-state index is 12.3. The maximum absolute atomic E-state index is 12.3. The van der Waals surface area contributed by atoms with Gasteiger partial charge in [-0.05, 0) is 36.4 Å². The molecule has 0 aliphatic heterocycles. The topological polar surface area (TPSA) is 127 Å².